The van der Waals surface area contributed by atoms with Crippen molar-refractivity contribution in [2.24, 2.45) is 0 Å². The van der Waals surface area contributed by atoms with Crippen LogP contribution in [0, 0.1) is 0 Å². The minimum Gasteiger partial charge on any atom is -0.462 e. The first-order valence-corrected chi connectivity index (χ1v) is 25.4. The molecule has 0 saturated carbocycles. The van der Waals surface area contributed by atoms with Gasteiger partial charge in [0.05, 0.1) is 25.2 Å². The summed E-state index contributed by atoms with van der Waals surface area (Å²) in [6.45, 7) is 6.43. The van der Waals surface area contributed by atoms with Gasteiger partial charge in [-0.2, -0.15) is 0 Å². The van der Waals surface area contributed by atoms with Crippen molar-refractivity contribution < 1.29 is 24.5 Å². The predicted molar refractivity (Wildman–Crippen MR) is 255 cm³/mol. The molecule has 0 heterocycles. The van der Waals surface area contributed by atoms with E-state index in [1.54, 1.807) is 0 Å². The fourth-order valence-electron chi connectivity index (χ4n) is 7.62. The molecule has 3 atom stereocenters. The van der Waals surface area contributed by atoms with E-state index in [-0.39, 0.29) is 24.9 Å². The topological polar surface area (TPSA) is 95.9 Å². The molecule has 0 aliphatic heterocycles. The Labute approximate surface area is 366 Å². The number of rotatable bonds is 45. The van der Waals surface area contributed by atoms with E-state index in [4.69, 9.17) is 4.74 Å². The summed E-state index contributed by atoms with van der Waals surface area (Å²) in [5.41, 5.74) is 0. The number of aliphatic hydroxyl groups is 2. The van der Waals surface area contributed by atoms with Crippen LogP contribution in [0.15, 0.2) is 48.6 Å². The fourth-order valence-corrected chi connectivity index (χ4v) is 7.62. The number of hydrogen-bond acceptors (Lipinski definition) is 5. The third kappa shape index (κ3) is 42.3. The van der Waals surface area contributed by atoms with Crippen LogP contribution in [0.1, 0.15) is 252 Å². The lowest BCUT2D eigenvalue weighted by atomic mass is 10.0. The maximum atomic E-state index is 13.2. The van der Waals surface area contributed by atoms with Crippen LogP contribution in [0.5, 0.6) is 0 Å². The highest BCUT2D eigenvalue weighted by molar-refractivity contribution is 5.77. The Morgan fingerprint density at radius 1 is 0.492 bits per heavy atom. The minimum absolute atomic E-state index is 0.0537. The first kappa shape index (κ1) is 56.8. The van der Waals surface area contributed by atoms with Crippen LogP contribution in [-0.4, -0.2) is 46.9 Å². The van der Waals surface area contributed by atoms with E-state index in [9.17, 15) is 19.8 Å². The first-order valence-electron chi connectivity index (χ1n) is 25.4. The van der Waals surface area contributed by atoms with Gasteiger partial charge in [0.25, 0.3) is 0 Å². The van der Waals surface area contributed by atoms with Crippen LogP contribution in [0.2, 0.25) is 0 Å². The average molecular weight is 828 g/mol. The number of esters is 1. The summed E-state index contributed by atoms with van der Waals surface area (Å²) in [6.07, 6.45) is 55.9. The summed E-state index contributed by atoms with van der Waals surface area (Å²) in [7, 11) is 0. The number of carbonyl (C=O) groups excluding carboxylic acids is 2. The van der Waals surface area contributed by atoms with Gasteiger partial charge < -0.3 is 20.3 Å². The Kier molecular flexibility index (Phi) is 45.1. The second-order valence-corrected chi connectivity index (χ2v) is 17.3. The first-order chi connectivity index (χ1) is 29.0. The lowest BCUT2D eigenvalue weighted by Gasteiger charge is -2.24. The van der Waals surface area contributed by atoms with E-state index in [2.05, 4.69) is 68.6 Å². The van der Waals surface area contributed by atoms with Crippen LogP contribution < -0.4 is 5.32 Å². The van der Waals surface area contributed by atoms with Gasteiger partial charge in [0, 0.05) is 6.42 Å². The molecule has 3 N–H and O–H groups in total. The van der Waals surface area contributed by atoms with Crippen LogP contribution >= 0.6 is 0 Å². The van der Waals surface area contributed by atoms with Gasteiger partial charge in [-0.1, -0.05) is 236 Å². The second-order valence-electron chi connectivity index (χ2n) is 17.3. The lowest BCUT2D eigenvalue weighted by molar-refractivity contribution is -0.151. The van der Waals surface area contributed by atoms with E-state index < -0.39 is 18.2 Å². The molecule has 6 heteroatoms. The molecule has 59 heavy (non-hydrogen) atoms. The van der Waals surface area contributed by atoms with Crippen molar-refractivity contribution in [1.29, 1.82) is 0 Å². The molecule has 0 aromatic rings. The molecule has 0 aliphatic carbocycles. The highest BCUT2D eigenvalue weighted by atomic mass is 16.5. The number of amides is 1. The molecule has 0 saturated heterocycles. The zero-order chi connectivity index (χ0) is 43.1. The molecule has 344 valence electrons. The second kappa shape index (κ2) is 46.9. The monoisotopic (exact) mass is 828 g/mol. The highest BCUT2D eigenvalue weighted by Crippen LogP contribution is 2.17. The molecule has 0 radical (unpaired) electrons. The van der Waals surface area contributed by atoms with Gasteiger partial charge in [-0.15, -0.1) is 0 Å². The molecular weight excluding hydrogens is 731 g/mol. The minimum atomic E-state index is -0.796. The van der Waals surface area contributed by atoms with Crippen molar-refractivity contribution in [2.45, 2.75) is 270 Å². The molecule has 0 fully saturated rings. The molecule has 6 nitrogen and oxygen atoms in total. The van der Waals surface area contributed by atoms with Crippen molar-refractivity contribution in [3.8, 4) is 0 Å². The summed E-state index contributed by atoms with van der Waals surface area (Å²) < 4.78 is 5.91. The number of hydrogen-bond donors (Lipinski definition) is 3. The molecule has 0 spiro atoms. The van der Waals surface area contributed by atoms with Gasteiger partial charge in [0.2, 0.25) is 5.91 Å². The van der Waals surface area contributed by atoms with E-state index in [0.29, 0.717) is 19.3 Å². The normalized spacial score (nSPS) is 13.6. The van der Waals surface area contributed by atoms with Gasteiger partial charge in [-0.05, 0) is 51.4 Å². The zero-order valence-electron chi connectivity index (χ0n) is 39.1. The molecule has 0 bridgehead atoms. The van der Waals surface area contributed by atoms with E-state index in [1.165, 1.54) is 135 Å². The molecule has 0 rings (SSSR count). The smallest absolute Gasteiger partial charge is 0.306 e. The summed E-state index contributed by atoms with van der Waals surface area (Å²) >= 11 is 0. The maximum absolute atomic E-state index is 13.2. The maximum Gasteiger partial charge on any atom is 0.306 e. The van der Waals surface area contributed by atoms with Crippen molar-refractivity contribution in [3.63, 3.8) is 0 Å². The van der Waals surface area contributed by atoms with E-state index >= 15 is 0 Å². The summed E-state index contributed by atoms with van der Waals surface area (Å²) in [6, 6.07) is -0.712. The van der Waals surface area contributed by atoms with Crippen molar-refractivity contribution in [2.75, 3.05) is 6.61 Å². The van der Waals surface area contributed by atoms with Crippen LogP contribution in [0.25, 0.3) is 0 Å². The van der Waals surface area contributed by atoms with Gasteiger partial charge in [0.1, 0.15) is 6.10 Å². The lowest BCUT2D eigenvalue weighted by Crippen LogP contribution is -2.46. The van der Waals surface area contributed by atoms with Crippen LogP contribution in [0.4, 0.5) is 0 Å². The molecule has 3 unspecified atom stereocenters. The third-order valence-electron chi connectivity index (χ3n) is 11.5. The summed E-state index contributed by atoms with van der Waals surface area (Å²) in [5.74, 6) is -0.506. The Hall–Kier alpha value is -2.18. The average Bonchev–Trinajstić information content (AvgIpc) is 3.23. The van der Waals surface area contributed by atoms with Crippen molar-refractivity contribution >= 4 is 11.9 Å². The molecule has 0 aromatic heterocycles. The van der Waals surface area contributed by atoms with Gasteiger partial charge in [-0.3, -0.25) is 9.59 Å². The molecule has 0 aliphatic rings. The van der Waals surface area contributed by atoms with E-state index in [1.807, 2.05) is 6.08 Å². The molecule has 0 aromatic carbocycles. The van der Waals surface area contributed by atoms with Crippen molar-refractivity contribution in [1.82, 2.24) is 5.32 Å². The number of aliphatic hydroxyl groups excluding tert-OH is 2. The molecular formula is C53H97NO5. The van der Waals surface area contributed by atoms with Gasteiger partial charge in [-0.25, -0.2) is 0 Å². The number of nitrogens with one attached hydrogen (secondary N) is 1. The largest absolute Gasteiger partial charge is 0.462 e. The summed E-state index contributed by atoms with van der Waals surface area (Å²) in [4.78, 5) is 26.1. The highest BCUT2D eigenvalue weighted by Gasteiger charge is 2.24. The van der Waals surface area contributed by atoms with Gasteiger partial charge >= 0.3 is 5.97 Å². The Bertz CT molecular complexity index is 1020. The van der Waals surface area contributed by atoms with Crippen LogP contribution in [0.3, 0.4) is 0 Å². The van der Waals surface area contributed by atoms with Crippen molar-refractivity contribution in [3.05, 3.63) is 48.6 Å². The standard InChI is InChI=1S/C53H97NO5/c1-4-7-10-13-16-19-22-24-25-26-28-30-32-35-38-41-44-49(59-53(58)46-43-40-37-34-31-27-23-20-17-14-11-8-5-2)47-52(57)54-50(48-55)51(56)45-42-39-36-33-29-21-18-15-12-9-6-3/h16,19,22,24-26,28,30,49-51,55-56H,4-15,17-18,20-21,23,27,29,31-48H2,1-3H3,(H,54,57)/b19-16+,24-22+,26-25+,30-28+. The quantitative estimate of drug-likeness (QED) is 0.0323. The number of carbonyl (C=O) groups is 2. The number of ether oxygens (including phenoxy) is 1. The SMILES string of the molecule is CCCCC/C=C/C=C/C=C/C=C/CCCCCC(CC(=O)NC(CO)C(O)CCCCCCCCCCCCC)OC(=O)CCCCCCCCCCCCCCC. The molecule has 1 amide bonds. The fraction of sp³-hybridized carbons (Fsp3) is 0.811. The number of allylic oxidation sites excluding steroid dienone is 8. The zero-order valence-corrected chi connectivity index (χ0v) is 39.1. The Balaban J connectivity index is 4.68. The third-order valence-corrected chi connectivity index (χ3v) is 11.5. The summed E-state index contributed by atoms with van der Waals surface area (Å²) in [5, 5.41) is 23.7. The predicted octanol–water partition coefficient (Wildman–Crippen LogP) is 15.1. The number of unbranched alkanes of at least 4 members (excludes halogenated alkanes) is 28. The Morgan fingerprint density at radius 3 is 1.34 bits per heavy atom. The van der Waals surface area contributed by atoms with Gasteiger partial charge in [0.15, 0.2) is 0 Å². The van der Waals surface area contributed by atoms with Crippen LogP contribution in [-0.2, 0) is 14.3 Å². The van der Waals surface area contributed by atoms with E-state index in [0.717, 1.165) is 70.6 Å². The Morgan fingerprint density at radius 2 is 0.864 bits per heavy atom.